The number of hydrogen-bond acceptors (Lipinski definition) is 5. The third kappa shape index (κ3) is 7.62. The summed E-state index contributed by atoms with van der Waals surface area (Å²) in [5, 5.41) is 7.44. The number of rotatable bonds is 13. The third-order valence-corrected chi connectivity index (χ3v) is 6.77. The summed E-state index contributed by atoms with van der Waals surface area (Å²) in [6.07, 6.45) is 7.34. The molecule has 0 atom stereocenters. The van der Waals surface area contributed by atoms with Gasteiger partial charge in [0.05, 0.1) is 0 Å². The van der Waals surface area contributed by atoms with E-state index in [4.69, 9.17) is 10.1 Å². The van der Waals surface area contributed by atoms with Gasteiger partial charge in [0.1, 0.15) is 17.5 Å². The molecule has 1 N–H and O–H groups in total. The number of allylic oxidation sites excluding steroid dienone is 1. The summed E-state index contributed by atoms with van der Waals surface area (Å²) in [7, 11) is 0. The second kappa shape index (κ2) is 14.2. The molecule has 1 aliphatic heterocycles. The van der Waals surface area contributed by atoms with E-state index in [1.165, 1.54) is 43.3 Å². The maximum Gasteiger partial charge on any atom is 0.207 e. The van der Waals surface area contributed by atoms with Crippen LogP contribution >= 0.6 is 0 Å². The average molecular weight is 548 g/mol. The van der Waals surface area contributed by atoms with Gasteiger partial charge in [-0.3, -0.25) is 4.79 Å². The second-order valence-electron chi connectivity index (χ2n) is 9.56. The number of aliphatic imine (C=N–C) groups is 1. The molecule has 210 valence electrons. The number of nitrogens with one attached hydrogen (secondary N) is 1. The highest BCUT2D eigenvalue weighted by atomic mass is 19.1. The van der Waals surface area contributed by atoms with Crippen molar-refractivity contribution in [1.29, 1.82) is 0 Å². The van der Waals surface area contributed by atoms with E-state index in [2.05, 4.69) is 39.7 Å². The molecule has 10 heteroatoms. The Labute approximate surface area is 233 Å². The molecule has 40 heavy (non-hydrogen) atoms. The van der Waals surface area contributed by atoms with Gasteiger partial charge in [0.15, 0.2) is 11.6 Å². The summed E-state index contributed by atoms with van der Waals surface area (Å²) in [5.41, 5.74) is 2.56. The molecule has 4 rings (SSSR count). The molecule has 0 spiro atoms. The summed E-state index contributed by atoms with van der Waals surface area (Å²) in [6.45, 7) is 10.1. The third-order valence-electron chi connectivity index (χ3n) is 6.77. The van der Waals surface area contributed by atoms with Crippen LogP contribution in [0, 0.1) is 11.6 Å². The molecule has 2 aromatic carbocycles. The highest BCUT2D eigenvalue weighted by molar-refractivity contribution is 5.94. The van der Waals surface area contributed by atoms with Crippen LogP contribution in [-0.4, -0.2) is 69.5 Å². The highest BCUT2D eigenvalue weighted by Crippen LogP contribution is 2.24. The maximum atomic E-state index is 13.6. The van der Waals surface area contributed by atoms with Gasteiger partial charge in [-0.25, -0.2) is 23.4 Å². The molecule has 0 radical (unpaired) electrons. The molecule has 0 unspecified atom stereocenters. The summed E-state index contributed by atoms with van der Waals surface area (Å²) >= 11 is 0. The average Bonchev–Trinajstić information content (AvgIpc) is 3.64. The van der Waals surface area contributed by atoms with Crippen LogP contribution in [0.2, 0.25) is 0 Å². The zero-order chi connectivity index (χ0) is 28.3. The van der Waals surface area contributed by atoms with E-state index in [1.54, 1.807) is 28.9 Å². The fourth-order valence-electron chi connectivity index (χ4n) is 4.69. The summed E-state index contributed by atoms with van der Waals surface area (Å²) in [4.78, 5) is 24.6. The first-order chi connectivity index (χ1) is 19.5. The van der Waals surface area contributed by atoms with Crippen molar-refractivity contribution < 1.29 is 13.6 Å². The van der Waals surface area contributed by atoms with Gasteiger partial charge in [0.2, 0.25) is 6.41 Å². The Morgan fingerprint density at radius 2 is 1.70 bits per heavy atom. The van der Waals surface area contributed by atoms with E-state index in [9.17, 15) is 13.6 Å². The minimum Gasteiger partial charge on any atom is -0.375 e. The predicted molar refractivity (Wildman–Crippen MR) is 153 cm³/mol. The van der Waals surface area contributed by atoms with Crippen LogP contribution in [0.25, 0.3) is 22.8 Å². The van der Waals surface area contributed by atoms with Gasteiger partial charge in [-0.1, -0.05) is 6.58 Å². The molecule has 1 aromatic heterocycles. The van der Waals surface area contributed by atoms with E-state index < -0.39 is 0 Å². The topological polar surface area (TPSA) is 78.7 Å². The van der Waals surface area contributed by atoms with Crippen LogP contribution in [0.15, 0.2) is 78.1 Å². The first-order valence-corrected chi connectivity index (χ1v) is 13.5. The van der Waals surface area contributed by atoms with E-state index in [1.807, 2.05) is 0 Å². The molecule has 2 heterocycles. The van der Waals surface area contributed by atoms with Crippen molar-refractivity contribution in [2.45, 2.75) is 32.7 Å². The number of halogens is 2. The number of aromatic nitrogens is 3. The Bertz CT molecular complexity index is 1330. The van der Waals surface area contributed by atoms with Crippen LogP contribution in [-0.2, 0) is 11.3 Å². The minimum absolute atomic E-state index is 0.334. The summed E-state index contributed by atoms with van der Waals surface area (Å²) in [6, 6.07) is 12.1. The molecule has 1 saturated heterocycles. The summed E-state index contributed by atoms with van der Waals surface area (Å²) in [5.74, 6) is 1.16. The van der Waals surface area contributed by atoms with Gasteiger partial charge in [-0.05, 0) is 80.8 Å². The van der Waals surface area contributed by atoms with E-state index in [-0.39, 0.29) is 11.6 Å². The van der Waals surface area contributed by atoms with Crippen molar-refractivity contribution in [3.8, 4) is 22.8 Å². The fraction of sp³-hybridized carbons (Fsp3) is 0.333. The van der Waals surface area contributed by atoms with Gasteiger partial charge in [-0.15, -0.1) is 0 Å². The highest BCUT2D eigenvalue weighted by Gasteiger charge is 2.17. The smallest absolute Gasteiger partial charge is 0.207 e. The van der Waals surface area contributed by atoms with Crippen molar-refractivity contribution >= 4 is 12.2 Å². The molecule has 1 aliphatic rings. The van der Waals surface area contributed by atoms with Crippen molar-refractivity contribution in [2.75, 3.05) is 32.7 Å². The molecule has 3 aromatic rings. The monoisotopic (exact) mass is 547 g/mol. The Morgan fingerprint density at radius 3 is 2.33 bits per heavy atom. The van der Waals surface area contributed by atoms with E-state index >= 15 is 0 Å². The number of carbonyl (C=O) groups excluding carboxylic acids is 1. The molecular formula is C30H35F2N7O. The second-order valence-corrected chi connectivity index (χ2v) is 9.56. The Morgan fingerprint density at radius 1 is 1.05 bits per heavy atom. The largest absolute Gasteiger partial charge is 0.375 e. The lowest BCUT2D eigenvalue weighted by Gasteiger charge is -2.26. The normalized spacial score (nSPS) is 13.9. The van der Waals surface area contributed by atoms with Gasteiger partial charge in [0, 0.05) is 62.3 Å². The van der Waals surface area contributed by atoms with Crippen LogP contribution in [0.5, 0.6) is 0 Å². The van der Waals surface area contributed by atoms with Crippen LogP contribution in [0.4, 0.5) is 8.78 Å². The van der Waals surface area contributed by atoms with E-state index in [0.717, 1.165) is 30.2 Å². The van der Waals surface area contributed by atoms with Gasteiger partial charge in [0.25, 0.3) is 0 Å². The molecule has 8 nitrogen and oxygen atoms in total. The maximum absolute atomic E-state index is 13.6. The SMILES string of the molecule is C=CN=C(/C=C(\C)N1CCCC1)N(CCCn1nc(-c2ccc(F)cc2)nc1-c1ccc(F)cc1)CCNC=O. The van der Waals surface area contributed by atoms with Crippen LogP contribution in [0.1, 0.15) is 26.2 Å². The lowest BCUT2D eigenvalue weighted by atomic mass is 10.2. The minimum atomic E-state index is -0.336. The Balaban J connectivity index is 1.56. The van der Waals surface area contributed by atoms with Crippen molar-refractivity contribution in [3.05, 3.63) is 84.7 Å². The number of benzene rings is 2. The molecule has 0 aliphatic carbocycles. The summed E-state index contributed by atoms with van der Waals surface area (Å²) < 4.78 is 28.9. The lowest BCUT2D eigenvalue weighted by Crippen LogP contribution is -2.37. The lowest BCUT2D eigenvalue weighted by molar-refractivity contribution is -0.109. The van der Waals surface area contributed by atoms with Crippen molar-refractivity contribution in [1.82, 2.24) is 29.9 Å². The number of nitrogens with zero attached hydrogens (tertiary/aromatic N) is 6. The molecule has 0 bridgehead atoms. The standard InChI is InChI=1S/C30H35F2N7O/c1-3-34-28(21-23(2)37-16-4-5-17-37)38(20-15-33-22-40)18-6-19-39-30(25-9-13-27(32)14-10-25)35-29(36-39)24-7-11-26(31)12-8-24/h3,7-14,21-22H,1,4-6,15-20H2,2H3,(H,33,40)/b23-21+,34-28?. The first-order valence-electron chi connectivity index (χ1n) is 13.5. The van der Waals surface area contributed by atoms with Gasteiger partial charge >= 0.3 is 0 Å². The number of hydrogen-bond donors (Lipinski definition) is 1. The quantitative estimate of drug-likeness (QED) is 0.143. The zero-order valence-corrected chi connectivity index (χ0v) is 22.8. The molecule has 1 fully saturated rings. The van der Waals surface area contributed by atoms with Gasteiger partial charge in [-0.2, -0.15) is 5.10 Å². The zero-order valence-electron chi connectivity index (χ0n) is 22.8. The number of carbonyl (C=O) groups is 1. The van der Waals surface area contributed by atoms with Crippen molar-refractivity contribution in [2.24, 2.45) is 4.99 Å². The Kier molecular flexibility index (Phi) is 10.1. The number of amides is 1. The predicted octanol–water partition coefficient (Wildman–Crippen LogP) is 4.87. The molecular weight excluding hydrogens is 512 g/mol. The van der Waals surface area contributed by atoms with Crippen LogP contribution in [0.3, 0.4) is 0 Å². The molecule has 1 amide bonds. The first kappa shape index (κ1) is 28.7. The molecule has 0 saturated carbocycles. The van der Waals surface area contributed by atoms with Gasteiger partial charge < -0.3 is 15.1 Å². The fourth-order valence-corrected chi connectivity index (χ4v) is 4.69. The number of likely N-dealkylation sites (tertiary alicyclic amines) is 1. The van der Waals surface area contributed by atoms with Crippen molar-refractivity contribution in [3.63, 3.8) is 0 Å². The Hall–Kier alpha value is -4.34. The van der Waals surface area contributed by atoms with Crippen LogP contribution < -0.4 is 5.32 Å². The van der Waals surface area contributed by atoms with E-state index in [0.29, 0.717) is 56.2 Å². The number of aryl methyl sites for hydroxylation is 1. The number of amidine groups is 1.